The van der Waals surface area contributed by atoms with Crippen LogP contribution >= 0.6 is 11.8 Å². The zero-order valence-electron chi connectivity index (χ0n) is 24.7. The molecule has 0 saturated heterocycles. The van der Waals surface area contributed by atoms with Gasteiger partial charge in [-0.1, -0.05) is 123 Å². The summed E-state index contributed by atoms with van der Waals surface area (Å²) < 4.78 is 0. The van der Waals surface area contributed by atoms with Crippen molar-refractivity contribution in [2.75, 3.05) is 4.90 Å². The molecule has 0 amide bonds. The maximum atomic E-state index is 9.47. The van der Waals surface area contributed by atoms with Gasteiger partial charge in [0.2, 0.25) is 0 Å². The minimum Gasteiger partial charge on any atom is -0.310 e. The molecule has 44 heavy (non-hydrogen) atoms. The summed E-state index contributed by atoms with van der Waals surface area (Å²) in [6, 6.07) is 54.9. The van der Waals surface area contributed by atoms with Crippen molar-refractivity contribution in [3.8, 4) is 6.07 Å². The van der Waals surface area contributed by atoms with E-state index in [0.29, 0.717) is 5.56 Å². The van der Waals surface area contributed by atoms with E-state index < -0.39 is 5.41 Å². The molecule has 3 heteroatoms. The lowest BCUT2D eigenvalue weighted by molar-refractivity contribution is 0.625. The van der Waals surface area contributed by atoms with E-state index in [-0.39, 0.29) is 5.41 Å². The number of rotatable bonds is 3. The Morgan fingerprint density at radius 2 is 1.11 bits per heavy atom. The fourth-order valence-electron chi connectivity index (χ4n) is 7.37. The molecule has 2 aliphatic heterocycles. The third-order valence-electron chi connectivity index (χ3n) is 9.43. The highest BCUT2D eigenvalue weighted by Gasteiger charge is 2.46. The van der Waals surface area contributed by atoms with Gasteiger partial charge in [0.1, 0.15) is 0 Å². The molecule has 0 fully saturated rings. The molecular weight excluding hydrogens is 553 g/mol. The lowest BCUT2D eigenvalue weighted by Crippen LogP contribution is -2.36. The Balaban J connectivity index is 1.45. The van der Waals surface area contributed by atoms with Crippen LogP contribution in [-0.4, -0.2) is 0 Å². The molecule has 2 heterocycles. The largest absolute Gasteiger partial charge is 0.310 e. The van der Waals surface area contributed by atoms with E-state index in [0.717, 1.165) is 11.4 Å². The Morgan fingerprint density at radius 1 is 0.545 bits per heavy atom. The highest BCUT2D eigenvalue weighted by molar-refractivity contribution is 7.99. The molecule has 6 aromatic rings. The monoisotopic (exact) mass is 582 g/mol. The van der Waals surface area contributed by atoms with Crippen LogP contribution in [0.3, 0.4) is 0 Å². The minimum absolute atomic E-state index is 0.245. The number of nitrogens with zero attached hydrogens (tertiary/aromatic N) is 2. The summed E-state index contributed by atoms with van der Waals surface area (Å²) in [5.74, 6) is 0. The Labute approximate surface area is 263 Å². The van der Waals surface area contributed by atoms with Crippen molar-refractivity contribution in [2.24, 2.45) is 0 Å². The van der Waals surface area contributed by atoms with Gasteiger partial charge in [0, 0.05) is 20.9 Å². The van der Waals surface area contributed by atoms with Crippen LogP contribution < -0.4 is 4.90 Å². The van der Waals surface area contributed by atoms with Crippen LogP contribution in [0.2, 0.25) is 0 Å². The first-order valence-corrected chi connectivity index (χ1v) is 15.8. The first kappa shape index (κ1) is 26.6. The molecule has 0 atom stereocenters. The van der Waals surface area contributed by atoms with Crippen molar-refractivity contribution in [2.45, 2.75) is 34.5 Å². The van der Waals surface area contributed by atoms with Gasteiger partial charge in [-0.05, 0) is 81.9 Å². The van der Waals surface area contributed by atoms with E-state index in [4.69, 9.17) is 0 Å². The van der Waals surface area contributed by atoms with Crippen LogP contribution in [0.5, 0.6) is 0 Å². The lowest BCUT2D eigenvalue weighted by atomic mass is 9.63. The molecule has 0 spiro atoms. The smallest absolute Gasteiger partial charge is 0.0991 e. The molecule has 0 unspecified atom stereocenters. The molecule has 6 aromatic carbocycles. The standard InChI is InChI=1S/C41H30N2S/c1-40(2)32-14-6-9-17-36(32)43(31-23-20-28(27-42)21-24-31)37-25-22-30(26-35(37)40)41(29-12-4-3-5-13-29)33-15-7-10-18-38(33)44-39-19-11-8-16-34(39)41/h3-26H,1-2H3. The van der Waals surface area contributed by atoms with E-state index in [9.17, 15) is 5.26 Å². The number of nitriles is 1. The number of hydrogen-bond donors (Lipinski definition) is 0. The van der Waals surface area contributed by atoms with Crippen LogP contribution in [0.15, 0.2) is 155 Å². The maximum Gasteiger partial charge on any atom is 0.0991 e. The number of benzene rings is 6. The van der Waals surface area contributed by atoms with Crippen molar-refractivity contribution in [1.29, 1.82) is 5.26 Å². The van der Waals surface area contributed by atoms with Crippen molar-refractivity contribution in [3.05, 3.63) is 185 Å². The van der Waals surface area contributed by atoms with Gasteiger partial charge < -0.3 is 4.90 Å². The molecule has 0 saturated carbocycles. The Kier molecular flexibility index (Phi) is 6.05. The first-order valence-electron chi connectivity index (χ1n) is 15.0. The van der Waals surface area contributed by atoms with E-state index in [1.165, 1.54) is 48.9 Å². The van der Waals surface area contributed by atoms with Gasteiger partial charge in [0.05, 0.1) is 28.4 Å². The van der Waals surface area contributed by atoms with Crippen LogP contribution in [0.25, 0.3) is 0 Å². The second-order valence-corrected chi connectivity index (χ2v) is 13.2. The molecule has 210 valence electrons. The molecule has 2 nitrogen and oxygen atoms in total. The molecular formula is C41H30N2S. The van der Waals surface area contributed by atoms with Crippen molar-refractivity contribution in [3.63, 3.8) is 0 Å². The van der Waals surface area contributed by atoms with Gasteiger partial charge in [0.15, 0.2) is 0 Å². The first-order chi connectivity index (χ1) is 21.5. The zero-order valence-corrected chi connectivity index (χ0v) is 25.5. The fraction of sp³-hybridized carbons (Fsp3) is 0.0976. The molecule has 0 radical (unpaired) electrons. The van der Waals surface area contributed by atoms with Crippen molar-refractivity contribution < 1.29 is 0 Å². The van der Waals surface area contributed by atoms with Gasteiger partial charge in [-0.2, -0.15) is 5.26 Å². The summed E-state index contributed by atoms with van der Waals surface area (Å²) in [5, 5.41) is 9.47. The van der Waals surface area contributed by atoms with Crippen LogP contribution in [0, 0.1) is 11.3 Å². The highest BCUT2D eigenvalue weighted by Crippen LogP contribution is 2.58. The van der Waals surface area contributed by atoms with Crippen molar-refractivity contribution >= 4 is 28.8 Å². The predicted molar refractivity (Wildman–Crippen MR) is 180 cm³/mol. The lowest BCUT2D eigenvalue weighted by Gasteiger charge is -2.45. The number of hydrogen-bond acceptors (Lipinski definition) is 3. The summed E-state index contributed by atoms with van der Waals surface area (Å²) in [7, 11) is 0. The molecule has 0 N–H and O–H groups in total. The number of anilines is 3. The second kappa shape index (κ2) is 10.0. The van der Waals surface area contributed by atoms with Gasteiger partial charge >= 0.3 is 0 Å². The van der Waals surface area contributed by atoms with Gasteiger partial charge in [-0.3, -0.25) is 0 Å². The van der Waals surface area contributed by atoms with Crippen LogP contribution in [0.1, 0.15) is 52.8 Å². The number of fused-ring (bicyclic) bond motifs is 4. The third kappa shape index (κ3) is 3.75. The fourth-order valence-corrected chi connectivity index (χ4v) is 8.56. The van der Waals surface area contributed by atoms with Gasteiger partial charge in [-0.15, -0.1) is 0 Å². The highest BCUT2D eigenvalue weighted by atomic mass is 32.2. The van der Waals surface area contributed by atoms with Crippen LogP contribution in [0.4, 0.5) is 17.1 Å². The summed E-state index contributed by atoms with van der Waals surface area (Å²) in [5.41, 5.74) is 11.0. The summed E-state index contributed by atoms with van der Waals surface area (Å²) in [6.45, 7) is 4.69. The molecule has 0 aliphatic carbocycles. The maximum absolute atomic E-state index is 9.47. The minimum atomic E-state index is -0.485. The summed E-state index contributed by atoms with van der Waals surface area (Å²) in [4.78, 5) is 4.93. The Bertz CT molecular complexity index is 2040. The Morgan fingerprint density at radius 3 is 1.77 bits per heavy atom. The topological polar surface area (TPSA) is 27.0 Å². The Hall–Kier alpha value is -5.04. The van der Waals surface area contributed by atoms with Gasteiger partial charge in [0.25, 0.3) is 0 Å². The number of para-hydroxylation sites is 1. The van der Waals surface area contributed by atoms with E-state index in [1.807, 2.05) is 23.9 Å². The molecule has 0 aromatic heterocycles. The average Bonchev–Trinajstić information content (AvgIpc) is 3.08. The summed E-state index contributed by atoms with van der Waals surface area (Å²) in [6.07, 6.45) is 0. The summed E-state index contributed by atoms with van der Waals surface area (Å²) >= 11 is 1.86. The normalized spacial score (nSPS) is 15.2. The van der Waals surface area contributed by atoms with Crippen molar-refractivity contribution in [1.82, 2.24) is 0 Å². The SMILES string of the molecule is CC1(C)c2ccccc2N(c2ccc(C#N)cc2)c2ccc(C3(c4ccccc4)c4ccccc4Sc4ccccc43)cc21. The zero-order chi connectivity index (χ0) is 29.9. The molecule has 2 aliphatic rings. The van der Waals surface area contributed by atoms with E-state index in [1.54, 1.807) is 0 Å². The van der Waals surface area contributed by atoms with Crippen LogP contribution in [-0.2, 0) is 10.8 Å². The molecule has 8 rings (SSSR count). The average molecular weight is 583 g/mol. The third-order valence-corrected chi connectivity index (χ3v) is 10.6. The second-order valence-electron chi connectivity index (χ2n) is 12.1. The molecule has 0 bridgehead atoms. The predicted octanol–water partition coefficient (Wildman–Crippen LogP) is 10.5. The van der Waals surface area contributed by atoms with E-state index >= 15 is 0 Å². The quantitative estimate of drug-likeness (QED) is 0.207. The van der Waals surface area contributed by atoms with E-state index in [2.05, 4.69) is 158 Å². The van der Waals surface area contributed by atoms with Gasteiger partial charge in [-0.25, -0.2) is 0 Å².